The Hall–Kier alpha value is -1.02. The van der Waals surface area contributed by atoms with Crippen LogP contribution >= 0.6 is 11.6 Å². The third-order valence-corrected chi connectivity index (χ3v) is 1.45. The van der Waals surface area contributed by atoms with Gasteiger partial charge in [0, 0.05) is 6.92 Å². The molecule has 0 saturated carbocycles. The van der Waals surface area contributed by atoms with Gasteiger partial charge >= 0.3 is 0 Å². The predicted molar refractivity (Wildman–Crippen MR) is 44.6 cm³/mol. The third kappa shape index (κ3) is 2.24. The maximum atomic E-state index is 10.6. The number of benzene rings is 1. The molecule has 0 aliphatic carbocycles. The Balaban J connectivity index is 2.86. The van der Waals surface area contributed by atoms with Crippen LogP contribution in [0.25, 0.3) is 0 Å². The van der Waals surface area contributed by atoms with E-state index in [1.165, 1.54) is 6.92 Å². The maximum Gasteiger partial charge on any atom is 0.221 e. The Kier molecular flexibility index (Phi) is 2.49. The summed E-state index contributed by atoms with van der Waals surface area (Å²) in [5.41, 5.74) is 0.599. The van der Waals surface area contributed by atoms with Crippen LogP contribution in [0.2, 0.25) is 5.02 Å². The molecule has 1 aromatic rings. The lowest BCUT2D eigenvalue weighted by Gasteiger charge is -2.01. The number of anilines is 1. The van der Waals surface area contributed by atoms with Crippen molar-refractivity contribution >= 4 is 23.2 Å². The van der Waals surface area contributed by atoms with Crippen LogP contribution in [0.4, 0.5) is 5.69 Å². The molecular weight excluding hydrogens is 162 g/mol. The number of rotatable bonds is 1. The van der Waals surface area contributed by atoms with Crippen LogP contribution < -0.4 is 5.32 Å². The Labute approximate surface area is 70.2 Å². The molecule has 3 heteroatoms. The fraction of sp³-hybridized carbons (Fsp3) is 0.125. The quantitative estimate of drug-likeness (QED) is 0.684. The number of hydrogen-bond donors (Lipinski definition) is 1. The second-order valence-electron chi connectivity index (χ2n) is 2.09. The average Bonchev–Trinajstić information content (AvgIpc) is 1.93. The zero-order chi connectivity index (χ0) is 8.27. The SMILES string of the molecule is CC(=O)Nc1c[c]ccc1Cl. The lowest BCUT2D eigenvalue weighted by molar-refractivity contribution is -0.114. The number of carbonyl (C=O) groups is 1. The normalized spacial score (nSPS) is 9.27. The molecule has 1 radical (unpaired) electrons. The summed E-state index contributed by atoms with van der Waals surface area (Å²) < 4.78 is 0. The molecule has 0 spiro atoms. The zero-order valence-corrected chi connectivity index (χ0v) is 6.77. The monoisotopic (exact) mass is 168 g/mol. The van der Waals surface area contributed by atoms with Gasteiger partial charge in [0.15, 0.2) is 0 Å². The van der Waals surface area contributed by atoms with Crippen LogP contribution in [-0.2, 0) is 4.79 Å². The molecule has 0 heterocycles. The molecule has 0 saturated heterocycles. The van der Waals surface area contributed by atoms with E-state index in [9.17, 15) is 4.79 Å². The van der Waals surface area contributed by atoms with Crippen molar-refractivity contribution in [3.63, 3.8) is 0 Å². The van der Waals surface area contributed by atoms with Crippen molar-refractivity contribution in [2.24, 2.45) is 0 Å². The number of hydrogen-bond acceptors (Lipinski definition) is 1. The van der Waals surface area contributed by atoms with E-state index in [0.717, 1.165) is 0 Å². The first-order chi connectivity index (χ1) is 5.20. The second kappa shape index (κ2) is 3.39. The molecule has 1 aromatic carbocycles. The molecule has 1 rings (SSSR count). The summed E-state index contributed by atoms with van der Waals surface area (Å²) in [6.45, 7) is 1.43. The van der Waals surface area contributed by atoms with E-state index in [-0.39, 0.29) is 5.91 Å². The molecule has 0 aliphatic heterocycles. The second-order valence-corrected chi connectivity index (χ2v) is 2.49. The highest BCUT2D eigenvalue weighted by Gasteiger charge is 1.98. The van der Waals surface area contributed by atoms with Gasteiger partial charge in [0.2, 0.25) is 5.91 Å². The molecule has 2 nitrogen and oxygen atoms in total. The van der Waals surface area contributed by atoms with Gasteiger partial charge in [-0.2, -0.15) is 0 Å². The summed E-state index contributed by atoms with van der Waals surface area (Å²) in [7, 11) is 0. The Bertz CT molecular complexity index is 273. The minimum atomic E-state index is -0.133. The summed E-state index contributed by atoms with van der Waals surface area (Å²) in [4.78, 5) is 10.6. The minimum absolute atomic E-state index is 0.133. The van der Waals surface area contributed by atoms with Gasteiger partial charge in [0.1, 0.15) is 0 Å². The molecule has 0 unspecified atom stereocenters. The Morgan fingerprint density at radius 3 is 3.00 bits per heavy atom. The highest BCUT2D eigenvalue weighted by atomic mass is 35.5. The number of nitrogens with one attached hydrogen (secondary N) is 1. The Morgan fingerprint density at radius 2 is 2.45 bits per heavy atom. The average molecular weight is 169 g/mol. The van der Waals surface area contributed by atoms with Crippen molar-refractivity contribution in [1.29, 1.82) is 0 Å². The minimum Gasteiger partial charge on any atom is -0.325 e. The van der Waals surface area contributed by atoms with Crippen molar-refractivity contribution in [2.75, 3.05) is 5.32 Å². The van der Waals surface area contributed by atoms with Gasteiger partial charge in [-0.3, -0.25) is 4.79 Å². The van der Waals surface area contributed by atoms with E-state index in [1.54, 1.807) is 18.2 Å². The number of halogens is 1. The van der Waals surface area contributed by atoms with E-state index in [2.05, 4.69) is 11.4 Å². The smallest absolute Gasteiger partial charge is 0.221 e. The standard InChI is InChI=1S/C8H7ClNO/c1-6(11)10-8-5-3-2-4-7(8)9/h2,4-5H,1H3,(H,10,11). The zero-order valence-electron chi connectivity index (χ0n) is 6.02. The molecule has 0 aliphatic rings. The summed E-state index contributed by atoms with van der Waals surface area (Å²) in [6, 6.07) is 7.80. The molecule has 0 atom stereocenters. The van der Waals surface area contributed by atoms with Gasteiger partial charge in [-0.25, -0.2) is 0 Å². The van der Waals surface area contributed by atoms with Gasteiger partial charge < -0.3 is 5.32 Å². The summed E-state index contributed by atoms with van der Waals surface area (Å²) in [5, 5.41) is 3.10. The number of carbonyl (C=O) groups excluding carboxylic acids is 1. The van der Waals surface area contributed by atoms with Gasteiger partial charge in [0.05, 0.1) is 10.7 Å². The third-order valence-electron chi connectivity index (χ3n) is 1.12. The van der Waals surface area contributed by atoms with Crippen LogP contribution in [0, 0.1) is 6.07 Å². The van der Waals surface area contributed by atoms with Crippen LogP contribution in [0.1, 0.15) is 6.92 Å². The first-order valence-corrected chi connectivity index (χ1v) is 3.51. The number of amides is 1. The lowest BCUT2D eigenvalue weighted by Crippen LogP contribution is -2.05. The van der Waals surface area contributed by atoms with Crippen LogP contribution in [0.15, 0.2) is 18.2 Å². The van der Waals surface area contributed by atoms with E-state index >= 15 is 0 Å². The molecule has 0 fully saturated rings. The summed E-state index contributed by atoms with van der Waals surface area (Å²) in [6.07, 6.45) is 0. The van der Waals surface area contributed by atoms with Gasteiger partial charge in [0.25, 0.3) is 0 Å². The van der Waals surface area contributed by atoms with Gasteiger partial charge in [-0.05, 0) is 18.2 Å². The van der Waals surface area contributed by atoms with Crippen molar-refractivity contribution in [3.8, 4) is 0 Å². The predicted octanol–water partition coefficient (Wildman–Crippen LogP) is 2.10. The molecular formula is C8H7ClNO. The van der Waals surface area contributed by atoms with E-state index < -0.39 is 0 Å². The van der Waals surface area contributed by atoms with Gasteiger partial charge in [-0.15, -0.1) is 0 Å². The molecule has 11 heavy (non-hydrogen) atoms. The Morgan fingerprint density at radius 1 is 1.73 bits per heavy atom. The largest absolute Gasteiger partial charge is 0.325 e. The maximum absolute atomic E-state index is 10.6. The molecule has 1 N–H and O–H groups in total. The van der Waals surface area contributed by atoms with Crippen molar-refractivity contribution in [3.05, 3.63) is 29.3 Å². The fourth-order valence-electron chi connectivity index (χ4n) is 0.697. The highest BCUT2D eigenvalue weighted by molar-refractivity contribution is 6.33. The molecule has 0 bridgehead atoms. The van der Waals surface area contributed by atoms with E-state index in [0.29, 0.717) is 10.7 Å². The topological polar surface area (TPSA) is 29.1 Å². The van der Waals surface area contributed by atoms with Gasteiger partial charge in [-0.1, -0.05) is 17.7 Å². The first kappa shape index (κ1) is 8.08. The van der Waals surface area contributed by atoms with Crippen molar-refractivity contribution in [1.82, 2.24) is 0 Å². The molecule has 57 valence electrons. The van der Waals surface area contributed by atoms with Crippen LogP contribution in [0.3, 0.4) is 0 Å². The highest BCUT2D eigenvalue weighted by Crippen LogP contribution is 2.19. The van der Waals surface area contributed by atoms with E-state index in [1.807, 2.05) is 0 Å². The van der Waals surface area contributed by atoms with Crippen molar-refractivity contribution < 1.29 is 4.79 Å². The summed E-state index contributed by atoms with van der Waals surface area (Å²) >= 11 is 5.73. The first-order valence-electron chi connectivity index (χ1n) is 3.13. The van der Waals surface area contributed by atoms with Crippen LogP contribution in [-0.4, -0.2) is 5.91 Å². The lowest BCUT2D eigenvalue weighted by atomic mass is 10.3. The fourth-order valence-corrected chi connectivity index (χ4v) is 0.862. The van der Waals surface area contributed by atoms with Crippen molar-refractivity contribution in [2.45, 2.75) is 6.92 Å². The van der Waals surface area contributed by atoms with Crippen LogP contribution in [0.5, 0.6) is 0 Å². The summed E-state index contributed by atoms with van der Waals surface area (Å²) in [5.74, 6) is -0.133. The molecule has 0 aromatic heterocycles. The van der Waals surface area contributed by atoms with E-state index in [4.69, 9.17) is 11.6 Å². The molecule has 1 amide bonds.